The molecule has 3 atom stereocenters. The Bertz CT molecular complexity index is 1600. The number of rotatable bonds is 4. The maximum atomic E-state index is 10.8. The maximum Gasteiger partial charge on any atom is 0.160 e. The summed E-state index contributed by atoms with van der Waals surface area (Å²) in [6.07, 6.45) is 19.4. The van der Waals surface area contributed by atoms with Gasteiger partial charge in [-0.15, -0.1) is 0 Å². The van der Waals surface area contributed by atoms with Crippen molar-refractivity contribution in [2.75, 3.05) is 7.11 Å². The van der Waals surface area contributed by atoms with Crippen LogP contribution in [0.15, 0.2) is 120 Å². The van der Waals surface area contributed by atoms with E-state index in [0.29, 0.717) is 40.6 Å². The number of ether oxygens (including phenoxy) is 1. The molecule has 0 radical (unpaired) electrons. The van der Waals surface area contributed by atoms with E-state index in [9.17, 15) is 5.11 Å². The van der Waals surface area contributed by atoms with Crippen molar-refractivity contribution in [3.63, 3.8) is 0 Å². The zero-order valence-corrected chi connectivity index (χ0v) is 20.5. The van der Waals surface area contributed by atoms with Crippen molar-refractivity contribution in [3.05, 3.63) is 126 Å². The van der Waals surface area contributed by atoms with Gasteiger partial charge >= 0.3 is 0 Å². The Morgan fingerprint density at radius 3 is 2.59 bits per heavy atom. The van der Waals surface area contributed by atoms with Gasteiger partial charge in [-0.05, 0) is 35.8 Å². The lowest BCUT2D eigenvalue weighted by atomic mass is 9.60. The van der Waals surface area contributed by atoms with Crippen LogP contribution in [0.4, 0.5) is 0 Å². The van der Waals surface area contributed by atoms with Crippen molar-refractivity contribution in [2.45, 2.75) is 6.42 Å². The first-order chi connectivity index (χ1) is 18.2. The van der Waals surface area contributed by atoms with Crippen molar-refractivity contribution in [3.8, 4) is 34.1 Å². The third kappa shape index (κ3) is 3.60. The van der Waals surface area contributed by atoms with Gasteiger partial charge in [-0.3, -0.25) is 0 Å². The molecule has 4 heteroatoms. The summed E-state index contributed by atoms with van der Waals surface area (Å²) in [5.74, 6) is 2.58. The van der Waals surface area contributed by atoms with Crippen LogP contribution in [0.5, 0.6) is 11.5 Å². The highest BCUT2D eigenvalue weighted by Gasteiger charge is 2.41. The standard InChI is InChI=1S/C33H26N2O2/c1-37-24-14-17-27(30(36)18-24)29-19-28(34-33(35-29)23-6-3-2-4-7-23)25-15-12-22-11-10-20-8-5-9-21-13-16-26(25)32(22)31(20)21/h2-8,10-20,31-32,36H,9H2,1H3. The van der Waals surface area contributed by atoms with Gasteiger partial charge in [0.05, 0.1) is 18.5 Å². The number of allylic oxidation sites excluding steroid dienone is 12. The maximum absolute atomic E-state index is 10.8. The van der Waals surface area contributed by atoms with Gasteiger partial charge in [0, 0.05) is 40.5 Å². The fourth-order valence-corrected chi connectivity index (χ4v) is 6.09. The minimum Gasteiger partial charge on any atom is -0.507 e. The molecule has 3 aromatic rings. The van der Waals surface area contributed by atoms with Crippen LogP contribution in [0.3, 0.4) is 0 Å². The lowest BCUT2D eigenvalue weighted by molar-refractivity contribution is 0.400. The monoisotopic (exact) mass is 482 g/mol. The number of phenols is 1. The average molecular weight is 483 g/mol. The SMILES string of the molecule is COc1ccc(-c2cc(C3=CC=C4C=CC5C=CCC6=CC=C3C4C65)nc(-c3ccccc3)n2)c(O)c1. The fraction of sp³-hybridized carbons (Fsp3) is 0.152. The summed E-state index contributed by atoms with van der Waals surface area (Å²) in [6.45, 7) is 0. The molecule has 2 aromatic carbocycles. The number of aromatic nitrogens is 2. The third-order valence-electron chi connectivity index (χ3n) is 7.86. The van der Waals surface area contributed by atoms with E-state index in [1.807, 2.05) is 48.5 Å². The summed E-state index contributed by atoms with van der Waals surface area (Å²) >= 11 is 0. The van der Waals surface area contributed by atoms with Gasteiger partial charge in [-0.2, -0.15) is 0 Å². The molecule has 0 spiro atoms. The topological polar surface area (TPSA) is 55.2 Å². The smallest absolute Gasteiger partial charge is 0.160 e. The van der Waals surface area contributed by atoms with E-state index < -0.39 is 0 Å². The quantitative estimate of drug-likeness (QED) is 0.403. The molecule has 0 saturated carbocycles. The fourth-order valence-electron chi connectivity index (χ4n) is 6.09. The molecular formula is C33H26N2O2. The van der Waals surface area contributed by atoms with E-state index in [1.165, 1.54) is 16.7 Å². The molecule has 0 aliphatic heterocycles. The van der Waals surface area contributed by atoms with Gasteiger partial charge < -0.3 is 9.84 Å². The van der Waals surface area contributed by atoms with Gasteiger partial charge in [0.15, 0.2) is 5.82 Å². The zero-order chi connectivity index (χ0) is 24.9. The summed E-state index contributed by atoms with van der Waals surface area (Å²) in [5, 5.41) is 10.8. The third-order valence-corrected chi connectivity index (χ3v) is 7.86. The number of nitrogens with zero attached hydrogens (tertiary/aromatic N) is 2. The molecule has 1 aromatic heterocycles. The molecule has 1 N–H and O–H groups in total. The number of hydrogen-bond acceptors (Lipinski definition) is 4. The van der Waals surface area contributed by atoms with Gasteiger partial charge in [0.2, 0.25) is 0 Å². The molecule has 1 heterocycles. The van der Waals surface area contributed by atoms with E-state index in [-0.39, 0.29) is 5.75 Å². The van der Waals surface area contributed by atoms with Crippen LogP contribution in [-0.2, 0) is 0 Å². The van der Waals surface area contributed by atoms with Gasteiger partial charge in [-0.1, -0.05) is 84.5 Å². The molecule has 0 fully saturated rings. The van der Waals surface area contributed by atoms with Crippen molar-refractivity contribution in [1.82, 2.24) is 9.97 Å². The summed E-state index contributed by atoms with van der Waals surface area (Å²) in [4.78, 5) is 9.95. The number of phenolic OH excluding ortho intramolecular Hbond substituents is 1. The molecule has 0 saturated heterocycles. The molecule has 0 amide bonds. The average Bonchev–Trinajstić information content (AvgIpc) is 2.96. The molecule has 3 unspecified atom stereocenters. The van der Waals surface area contributed by atoms with Crippen LogP contribution >= 0.6 is 0 Å². The molecule has 180 valence electrons. The highest BCUT2D eigenvalue weighted by Crippen LogP contribution is 2.52. The second kappa shape index (κ2) is 8.59. The largest absolute Gasteiger partial charge is 0.507 e. The number of benzene rings is 2. The molecule has 7 rings (SSSR count). The number of methoxy groups -OCH3 is 1. The lowest BCUT2D eigenvalue weighted by Crippen LogP contribution is -2.33. The normalized spacial score (nSPS) is 22.9. The van der Waals surface area contributed by atoms with Gasteiger partial charge in [-0.25, -0.2) is 9.97 Å². The molecule has 4 aliphatic rings. The summed E-state index contributed by atoms with van der Waals surface area (Å²) in [5.41, 5.74) is 8.40. The first kappa shape index (κ1) is 21.8. The zero-order valence-electron chi connectivity index (χ0n) is 20.5. The molecule has 4 nitrogen and oxygen atoms in total. The Kier molecular flexibility index (Phi) is 5.07. The second-order valence-electron chi connectivity index (χ2n) is 9.89. The summed E-state index contributed by atoms with van der Waals surface area (Å²) in [7, 11) is 1.59. The number of hydrogen-bond donors (Lipinski definition) is 1. The van der Waals surface area contributed by atoms with Crippen molar-refractivity contribution >= 4 is 5.57 Å². The van der Waals surface area contributed by atoms with Crippen molar-refractivity contribution in [1.29, 1.82) is 0 Å². The Labute approximate surface area is 216 Å². The number of aromatic hydroxyl groups is 1. The Hall–Kier alpha value is -4.44. The van der Waals surface area contributed by atoms with Crippen LogP contribution in [0.2, 0.25) is 0 Å². The summed E-state index contributed by atoms with van der Waals surface area (Å²) < 4.78 is 5.29. The van der Waals surface area contributed by atoms with E-state index in [1.54, 1.807) is 13.2 Å². The van der Waals surface area contributed by atoms with Crippen LogP contribution in [0.25, 0.3) is 28.2 Å². The predicted molar refractivity (Wildman–Crippen MR) is 147 cm³/mol. The van der Waals surface area contributed by atoms with Gasteiger partial charge in [0.1, 0.15) is 11.5 Å². The highest BCUT2D eigenvalue weighted by molar-refractivity contribution is 5.86. The van der Waals surface area contributed by atoms with E-state index in [0.717, 1.165) is 23.3 Å². The van der Waals surface area contributed by atoms with E-state index in [2.05, 4.69) is 48.6 Å². The van der Waals surface area contributed by atoms with Gasteiger partial charge in [0.25, 0.3) is 0 Å². The van der Waals surface area contributed by atoms with Crippen LogP contribution in [0, 0.1) is 17.8 Å². The molecular weight excluding hydrogens is 456 g/mol. The van der Waals surface area contributed by atoms with Crippen LogP contribution < -0.4 is 4.74 Å². The van der Waals surface area contributed by atoms with Crippen molar-refractivity contribution < 1.29 is 9.84 Å². The van der Waals surface area contributed by atoms with E-state index in [4.69, 9.17) is 14.7 Å². The Morgan fingerprint density at radius 1 is 0.892 bits per heavy atom. The van der Waals surface area contributed by atoms with Crippen LogP contribution in [-0.4, -0.2) is 22.2 Å². The lowest BCUT2D eigenvalue weighted by Gasteiger charge is -2.44. The van der Waals surface area contributed by atoms with Crippen LogP contribution in [0.1, 0.15) is 12.1 Å². The Morgan fingerprint density at radius 2 is 1.76 bits per heavy atom. The minimum absolute atomic E-state index is 0.126. The first-order valence-corrected chi connectivity index (χ1v) is 12.7. The molecule has 37 heavy (non-hydrogen) atoms. The first-order valence-electron chi connectivity index (χ1n) is 12.7. The highest BCUT2D eigenvalue weighted by atomic mass is 16.5. The van der Waals surface area contributed by atoms with E-state index >= 15 is 0 Å². The molecule has 0 bridgehead atoms. The van der Waals surface area contributed by atoms with Crippen molar-refractivity contribution in [2.24, 2.45) is 17.8 Å². The predicted octanol–water partition coefficient (Wildman–Crippen LogP) is 7.09. The Balaban J connectivity index is 1.41. The molecule has 4 aliphatic carbocycles. The minimum atomic E-state index is 0.126. The second-order valence-corrected chi connectivity index (χ2v) is 9.89. The summed E-state index contributed by atoms with van der Waals surface area (Å²) in [6, 6.07) is 17.3.